The summed E-state index contributed by atoms with van der Waals surface area (Å²) in [5.41, 5.74) is -3.69. The number of carbonyl (C=O) groups excluding carboxylic acids is 1. The number of nitrogens with one attached hydrogen (secondary N) is 1. The number of carbonyl (C=O) groups is 2. The van der Waals surface area contributed by atoms with Crippen molar-refractivity contribution >= 4 is 17.6 Å². The summed E-state index contributed by atoms with van der Waals surface area (Å²) in [5, 5.41) is 12.0. The van der Waals surface area contributed by atoms with Crippen LogP contribution in [0.15, 0.2) is 48.7 Å². The summed E-state index contributed by atoms with van der Waals surface area (Å²) >= 11 is 0. The molecule has 6 nitrogen and oxygen atoms in total. The van der Waals surface area contributed by atoms with E-state index < -0.39 is 70.2 Å². The predicted octanol–water partition coefficient (Wildman–Crippen LogP) is 6.80. The van der Waals surface area contributed by atoms with Crippen LogP contribution in [0.2, 0.25) is 0 Å². The van der Waals surface area contributed by atoms with Gasteiger partial charge in [-0.3, -0.25) is 9.78 Å². The van der Waals surface area contributed by atoms with Crippen LogP contribution >= 0.6 is 0 Å². The molecular formula is C26H19F7N2O4. The Morgan fingerprint density at radius 3 is 2.23 bits per heavy atom. The Labute approximate surface area is 216 Å². The Kier molecular flexibility index (Phi) is 7.04. The second-order valence-corrected chi connectivity index (χ2v) is 8.90. The molecule has 0 unspecified atom stereocenters. The lowest BCUT2D eigenvalue weighted by molar-refractivity contribution is -0.274. The fourth-order valence-electron chi connectivity index (χ4n) is 4.16. The quantitative estimate of drug-likeness (QED) is 0.298. The number of hydrogen-bond acceptors (Lipinski definition) is 4. The SMILES string of the molecule is CCC(F)(F)c1ccc(-c2c(F)cc(NC(=O)C3(c4ccc(OC(F)(F)F)cc4F)CC3)cc2C(=O)O)cn1. The molecule has 4 rings (SSSR count). The highest BCUT2D eigenvalue weighted by atomic mass is 19.4. The lowest BCUT2D eigenvalue weighted by Gasteiger charge is -2.19. The maximum atomic E-state index is 15.1. The van der Waals surface area contributed by atoms with Gasteiger partial charge in [0.15, 0.2) is 0 Å². The molecule has 1 fully saturated rings. The van der Waals surface area contributed by atoms with Gasteiger partial charge in [0.1, 0.15) is 23.1 Å². The number of pyridine rings is 1. The number of hydrogen-bond donors (Lipinski definition) is 2. The summed E-state index contributed by atoms with van der Waals surface area (Å²) in [4.78, 5) is 28.6. The lowest BCUT2D eigenvalue weighted by atomic mass is 9.93. The van der Waals surface area contributed by atoms with Crippen molar-refractivity contribution in [3.05, 3.63) is 77.1 Å². The van der Waals surface area contributed by atoms with Crippen molar-refractivity contribution in [2.45, 2.75) is 43.9 Å². The van der Waals surface area contributed by atoms with E-state index in [2.05, 4.69) is 15.0 Å². The number of nitrogens with zero attached hydrogens (tertiary/aromatic N) is 1. The molecule has 0 bridgehead atoms. The highest BCUT2D eigenvalue weighted by Crippen LogP contribution is 2.50. The zero-order valence-corrected chi connectivity index (χ0v) is 20.0. The van der Waals surface area contributed by atoms with Gasteiger partial charge < -0.3 is 15.2 Å². The second-order valence-electron chi connectivity index (χ2n) is 8.90. The molecule has 0 spiro atoms. The van der Waals surface area contributed by atoms with Gasteiger partial charge in [-0.05, 0) is 37.1 Å². The van der Waals surface area contributed by atoms with Crippen LogP contribution in [-0.2, 0) is 16.1 Å². The molecule has 3 aromatic rings. The largest absolute Gasteiger partial charge is 0.573 e. The van der Waals surface area contributed by atoms with Crippen molar-refractivity contribution in [1.82, 2.24) is 4.98 Å². The van der Waals surface area contributed by atoms with Gasteiger partial charge in [0.25, 0.3) is 5.92 Å². The number of ether oxygens (including phenoxy) is 1. The molecule has 2 aromatic carbocycles. The molecule has 39 heavy (non-hydrogen) atoms. The molecule has 1 aromatic heterocycles. The minimum Gasteiger partial charge on any atom is -0.478 e. The molecule has 1 aliphatic carbocycles. The number of aromatic carboxylic acids is 1. The fourth-order valence-corrected chi connectivity index (χ4v) is 4.16. The number of carboxylic acid groups (broad SMARTS) is 1. The first-order valence-electron chi connectivity index (χ1n) is 11.5. The van der Waals surface area contributed by atoms with Crippen LogP contribution in [0.3, 0.4) is 0 Å². The third-order valence-corrected chi connectivity index (χ3v) is 6.32. The molecule has 1 amide bonds. The maximum absolute atomic E-state index is 15.1. The average molecular weight is 556 g/mol. The topological polar surface area (TPSA) is 88.5 Å². The van der Waals surface area contributed by atoms with Crippen LogP contribution < -0.4 is 10.1 Å². The standard InChI is InChI=1S/C26H19F7N2O4/c1-2-25(29,30)20-6-3-13(12-34-20)21-16(22(36)37)9-14(10-19(21)28)35-23(38)24(7-8-24)17-5-4-15(11-18(17)27)39-26(31,32)33/h3-6,9-12H,2,7-8H2,1H3,(H,35,38)(H,36,37). The molecule has 1 aliphatic rings. The van der Waals surface area contributed by atoms with E-state index in [0.717, 1.165) is 42.6 Å². The molecule has 1 heterocycles. The van der Waals surface area contributed by atoms with Gasteiger partial charge in [0.05, 0.1) is 11.0 Å². The van der Waals surface area contributed by atoms with Crippen LogP contribution in [0.4, 0.5) is 36.4 Å². The zero-order valence-electron chi connectivity index (χ0n) is 20.0. The number of aromatic nitrogens is 1. The molecule has 0 saturated heterocycles. The van der Waals surface area contributed by atoms with E-state index in [0.29, 0.717) is 6.07 Å². The Balaban J connectivity index is 1.62. The second kappa shape index (κ2) is 9.86. The van der Waals surface area contributed by atoms with E-state index in [1.165, 1.54) is 6.92 Å². The zero-order chi connectivity index (χ0) is 28.8. The Hall–Kier alpha value is -4.16. The number of amides is 1. The first kappa shape index (κ1) is 27.9. The Morgan fingerprint density at radius 2 is 1.72 bits per heavy atom. The minimum absolute atomic E-state index is 0.0969. The van der Waals surface area contributed by atoms with Gasteiger partial charge in [-0.25, -0.2) is 13.6 Å². The van der Waals surface area contributed by atoms with Crippen molar-refractivity contribution in [2.24, 2.45) is 0 Å². The third-order valence-electron chi connectivity index (χ3n) is 6.32. The van der Waals surface area contributed by atoms with Crippen molar-refractivity contribution in [1.29, 1.82) is 0 Å². The van der Waals surface area contributed by atoms with Crippen LogP contribution in [0.5, 0.6) is 5.75 Å². The van der Waals surface area contributed by atoms with Crippen molar-refractivity contribution < 1.29 is 50.2 Å². The first-order valence-corrected chi connectivity index (χ1v) is 11.5. The van der Waals surface area contributed by atoms with Crippen LogP contribution in [0.1, 0.15) is 47.8 Å². The van der Waals surface area contributed by atoms with Gasteiger partial charge in [0, 0.05) is 41.1 Å². The van der Waals surface area contributed by atoms with Crippen LogP contribution in [0, 0.1) is 11.6 Å². The van der Waals surface area contributed by atoms with Crippen molar-refractivity contribution in [3.8, 4) is 16.9 Å². The molecule has 13 heteroatoms. The smallest absolute Gasteiger partial charge is 0.478 e. The molecule has 0 atom stereocenters. The summed E-state index contributed by atoms with van der Waals surface area (Å²) in [6.07, 6.45) is -4.40. The Morgan fingerprint density at radius 1 is 1.03 bits per heavy atom. The van der Waals surface area contributed by atoms with E-state index in [-0.39, 0.29) is 29.7 Å². The number of carboxylic acids is 1. The third kappa shape index (κ3) is 5.66. The molecule has 206 valence electrons. The molecule has 1 saturated carbocycles. The summed E-state index contributed by atoms with van der Waals surface area (Å²) in [6.45, 7) is 1.25. The van der Waals surface area contributed by atoms with Crippen LogP contribution in [-0.4, -0.2) is 28.3 Å². The molecular weight excluding hydrogens is 537 g/mol. The summed E-state index contributed by atoms with van der Waals surface area (Å²) in [6, 6.07) is 6.13. The van der Waals surface area contributed by atoms with Gasteiger partial charge in [-0.15, -0.1) is 13.2 Å². The number of rotatable bonds is 8. The van der Waals surface area contributed by atoms with Gasteiger partial charge in [-0.1, -0.05) is 19.1 Å². The van der Waals surface area contributed by atoms with Gasteiger partial charge in [0.2, 0.25) is 5.91 Å². The number of anilines is 1. The number of benzene rings is 2. The minimum atomic E-state index is -5.04. The Bertz CT molecular complexity index is 1440. The highest BCUT2D eigenvalue weighted by molar-refractivity contribution is 6.03. The number of alkyl halides is 5. The summed E-state index contributed by atoms with van der Waals surface area (Å²) < 4.78 is 98.4. The maximum Gasteiger partial charge on any atom is 0.573 e. The lowest BCUT2D eigenvalue weighted by Crippen LogP contribution is -2.29. The van der Waals surface area contributed by atoms with Crippen molar-refractivity contribution in [2.75, 3.05) is 5.32 Å². The van der Waals surface area contributed by atoms with Gasteiger partial charge in [-0.2, -0.15) is 8.78 Å². The predicted molar refractivity (Wildman–Crippen MR) is 123 cm³/mol. The van der Waals surface area contributed by atoms with Gasteiger partial charge >= 0.3 is 12.3 Å². The highest BCUT2D eigenvalue weighted by Gasteiger charge is 2.53. The van der Waals surface area contributed by atoms with E-state index in [1.54, 1.807) is 0 Å². The normalized spacial score (nSPS) is 14.6. The fraction of sp³-hybridized carbons (Fsp3) is 0.269. The van der Waals surface area contributed by atoms with Crippen LogP contribution in [0.25, 0.3) is 11.1 Å². The molecule has 0 radical (unpaired) electrons. The number of halogens is 7. The average Bonchev–Trinajstić information content (AvgIpc) is 3.65. The van der Waals surface area contributed by atoms with E-state index in [9.17, 15) is 41.0 Å². The van der Waals surface area contributed by atoms with E-state index in [1.807, 2.05) is 0 Å². The molecule has 0 aliphatic heterocycles. The molecule has 2 N–H and O–H groups in total. The monoisotopic (exact) mass is 556 g/mol. The summed E-state index contributed by atoms with van der Waals surface area (Å²) in [7, 11) is 0. The van der Waals surface area contributed by atoms with E-state index >= 15 is 4.39 Å². The van der Waals surface area contributed by atoms with E-state index in [4.69, 9.17) is 0 Å². The first-order chi connectivity index (χ1) is 18.2. The summed E-state index contributed by atoms with van der Waals surface area (Å²) in [5.74, 6) is -8.69. The van der Waals surface area contributed by atoms with Crippen molar-refractivity contribution in [3.63, 3.8) is 0 Å².